The molecule has 0 bridgehead atoms. The molecule has 1 amide bonds. The number of amides is 1. The van der Waals surface area contributed by atoms with E-state index in [2.05, 4.69) is 6.07 Å². The minimum atomic E-state index is 0.216. The zero-order valence-electron chi connectivity index (χ0n) is 12.9. The predicted molar refractivity (Wildman–Crippen MR) is 85.8 cm³/mol. The van der Waals surface area contributed by atoms with Crippen LogP contribution in [0, 0.1) is 0 Å². The van der Waals surface area contributed by atoms with Crippen LogP contribution in [0.5, 0.6) is 5.75 Å². The summed E-state index contributed by atoms with van der Waals surface area (Å²) < 4.78 is 5.44. The van der Waals surface area contributed by atoms with Crippen molar-refractivity contribution in [1.29, 1.82) is 0 Å². The van der Waals surface area contributed by atoms with Crippen LogP contribution in [0.4, 0.5) is 5.69 Å². The third kappa shape index (κ3) is 3.97. The molecule has 0 unspecified atom stereocenters. The van der Waals surface area contributed by atoms with Crippen molar-refractivity contribution in [2.75, 3.05) is 25.1 Å². The van der Waals surface area contributed by atoms with Gasteiger partial charge in [0.15, 0.2) is 0 Å². The number of carbonyl (C=O) groups excluding carboxylic acids is 1. The number of aryl methyl sites for hydroxylation is 1. The van der Waals surface area contributed by atoms with Crippen LogP contribution in [0.15, 0.2) is 18.2 Å². The molecular weight excluding hydrogens is 264 g/mol. The molecule has 0 saturated heterocycles. The number of benzene rings is 1. The van der Waals surface area contributed by atoms with Crippen molar-refractivity contribution in [2.45, 2.75) is 44.9 Å². The van der Waals surface area contributed by atoms with Crippen LogP contribution in [0.1, 0.15) is 44.1 Å². The number of rotatable bonds is 7. The van der Waals surface area contributed by atoms with E-state index in [0.717, 1.165) is 63.1 Å². The van der Waals surface area contributed by atoms with Crippen LogP contribution in [0.25, 0.3) is 0 Å². The molecule has 0 radical (unpaired) electrons. The van der Waals surface area contributed by atoms with Crippen LogP contribution in [0.3, 0.4) is 0 Å². The highest BCUT2D eigenvalue weighted by Gasteiger charge is 2.25. The number of carbonyl (C=O) groups is 1. The summed E-state index contributed by atoms with van der Waals surface area (Å²) in [5, 5.41) is 0. The number of unbranched alkanes of at least 4 members (excludes halogenated alkanes) is 3. The first-order chi connectivity index (χ1) is 10.3. The Kier molecular flexibility index (Phi) is 6.05. The van der Waals surface area contributed by atoms with E-state index in [-0.39, 0.29) is 5.91 Å². The van der Waals surface area contributed by atoms with Crippen molar-refractivity contribution in [3.8, 4) is 5.75 Å². The second-order valence-electron chi connectivity index (χ2n) is 5.57. The number of fused-ring (bicyclic) bond motifs is 1. The van der Waals surface area contributed by atoms with Gasteiger partial charge in [0.05, 0.1) is 12.8 Å². The average molecular weight is 290 g/mol. The molecule has 116 valence electrons. The summed E-state index contributed by atoms with van der Waals surface area (Å²) >= 11 is 0. The van der Waals surface area contributed by atoms with Gasteiger partial charge >= 0.3 is 0 Å². The van der Waals surface area contributed by atoms with Crippen LogP contribution in [0.2, 0.25) is 0 Å². The van der Waals surface area contributed by atoms with Gasteiger partial charge in [-0.1, -0.05) is 25.0 Å². The molecule has 1 heterocycles. The van der Waals surface area contributed by atoms with Gasteiger partial charge in [0.2, 0.25) is 5.91 Å². The molecule has 21 heavy (non-hydrogen) atoms. The molecule has 0 saturated carbocycles. The highest BCUT2D eigenvalue weighted by Crippen LogP contribution is 2.36. The quantitative estimate of drug-likeness (QED) is 0.786. The molecule has 0 spiro atoms. The molecule has 0 aliphatic carbocycles. The van der Waals surface area contributed by atoms with Crippen molar-refractivity contribution in [1.82, 2.24) is 0 Å². The molecule has 0 atom stereocenters. The summed E-state index contributed by atoms with van der Waals surface area (Å²) in [4.78, 5) is 14.4. The van der Waals surface area contributed by atoms with Crippen molar-refractivity contribution < 1.29 is 9.53 Å². The van der Waals surface area contributed by atoms with Crippen molar-refractivity contribution in [2.24, 2.45) is 5.73 Å². The number of nitrogens with two attached hydrogens (primary N) is 1. The Morgan fingerprint density at radius 3 is 2.86 bits per heavy atom. The lowest BCUT2D eigenvalue weighted by atomic mass is 10.00. The van der Waals surface area contributed by atoms with E-state index in [9.17, 15) is 4.79 Å². The van der Waals surface area contributed by atoms with E-state index < -0.39 is 0 Å². The molecule has 2 N–H and O–H groups in total. The minimum absolute atomic E-state index is 0.216. The lowest BCUT2D eigenvalue weighted by Gasteiger charge is -2.31. The number of anilines is 1. The topological polar surface area (TPSA) is 55.6 Å². The van der Waals surface area contributed by atoms with E-state index in [0.29, 0.717) is 6.42 Å². The molecule has 1 aromatic rings. The van der Waals surface area contributed by atoms with Crippen molar-refractivity contribution >= 4 is 11.6 Å². The van der Waals surface area contributed by atoms with Gasteiger partial charge in [-0.25, -0.2) is 0 Å². The Balaban J connectivity index is 2.00. The highest BCUT2D eigenvalue weighted by molar-refractivity contribution is 5.96. The Hall–Kier alpha value is -1.55. The Morgan fingerprint density at radius 2 is 2.10 bits per heavy atom. The van der Waals surface area contributed by atoms with Gasteiger partial charge in [-0.15, -0.1) is 0 Å². The van der Waals surface area contributed by atoms with E-state index in [1.807, 2.05) is 17.0 Å². The first kappa shape index (κ1) is 15.8. The minimum Gasteiger partial charge on any atom is -0.495 e. The number of ether oxygens (including phenoxy) is 1. The first-order valence-corrected chi connectivity index (χ1v) is 7.94. The maximum absolute atomic E-state index is 12.5. The number of nitrogens with zero attached hydrogens (tertiary/aromatic N) is 1. The van der Waals surface area contributed by atoms with Crippen LogP contribution in [-0.4, -0.2) is 26.1 Å². The average Bonchev–Trinajstić information content (AvgIpc) is 2.53. The van der Waals surface area contributed by atoms with Gasteiger partial charge in [-0.2, -0.15) is 0 Å². The normalized spacial score (nSPS) is 13.9. The first-order valence-electron chi connectivity index (χ1n) is 7.94. The predicted octanol–water partition coefficient (Wildman–Crippen LogP) is 2.88. The zero-order valence-corrected chi connectivity index (χ0v) is 12.9. The standard InChI is InChI=1S/C17H26N2O2/c1-21-15-10-6-8-14-9-7-13-19(17(14)15)16(20)11-4-2-3-5-12-18/h6,8,10H,2-5,7,9,11-13,18H2,1H3. The summed E-state index contributed by atoms with van der Waals surface area (Å²) in [6.45, 7) is 1.54. The molecule has 1 aliphatic rings. The van der Waals surface area contributed by atoms with Gasteiger partial charge < -0.3 is 15.4 Å². The van der Waals surface area contributed by atoms with E-state index in [4.69, 9.17) is 10.5 Å². The fraction of sp³-hybridized carbons (Fsp3) is 0.588. The number of para-hydroxylation sites is 1. The van der Waals surface area contributed by atoms with Gasteiger partial charge in [0.25, 0.3) is 0 Å². The third-order valence-corrected chi connectivity index (χ3v) is 4.05. The lowest BCUT2D eigenvalue weighted by molar-refractivity contribution is -0.118. The van der Waals surface area contributed by atoms with Crippen LogP contribution < -0.4 is 15.4 Å². The van der Waals surface area contributed by atoms with Crippen molar-refractivity contribution in [3.05, 3.63) is 23.8 Å². The van der Waals surface area contributed by atoms with Crippen LogP contribution >= 0.6 is 0 Å². The molecule has 0 aromatic heterocycles. The Bertz CT molecular complexity index is 460. The van der Waals surface area contributed by atoms with Gasteiger partial charge in [0.1, 0.15) is 5.75 Å². The summed E-state index contributed by atoms with van der Waals surface area (Å²) in [5.41, 5.74) is 7.69. The van der Waals surface area contributed by atoms with E-state index in [1.54, 1.807) is 7.11 Å². The number of hydrogen-bond donors (Lipinski definition) is 1. The fourth-order valence-electron chi connectivity index (χ4n) is 2.94. The summed E-state index contributed by atoms with van der Waals surface area (Å²) in [6.07, 6.45) is 6.85. The fourth-order valence-corrected chi connectivity index (χ4v) is 2.94. The van der Waals surface area contributed by atoms with Gasteiger partial charge in [-0.3, -0.25) is 4.79 Å². The molecule has 1 aromatic carbocycles. The molecule has 4 heteroatoms. The lowest BCUT2D eigenvalue weighted by Crippen LogP contribution is -2.35. The summed E-state index contributed by atoms with van der Waals surface area (Å²) in [5.74, 6) is 1.02. The second-order valence-corrected chi connectivity index (χ2v) is 5.57. The third-order valence-electron chi connectivity index (χ3n) is 4.05. The molecule has 1 aliphatic heterocycles. The van der Waals surface area contributed by atoms with Crippen LogP contribution in [-0.2, 0) is 11.2 Å². The number of hydrogen-bond acceptors (Lipinski definition) is 3. The van der Waals surface area contributed by atoms with Gasteiger partial charge in [-0.05, 0) is 43.9 Å². The number of methoxy groups -OCH3 is 1. The second kappa shape index (κ2) is 8.03. The highest BCUT2D eigenvalue weighted by atomic mass is 16.5. The largest absolute Gasteiger partial charge is 0.495 e. The Morgan fingerprint density at radius 1 is 1.29 bits per heavy atom. The van der Waals surface area contributed by atoms with E-state index in [1.165, 1.54) is 5.56 Å². The SMILES string of the molecule is COc1cccc2c1N(C(=O)CCCCCCN)CCC2. The molecule has 0 fully saturated rings. The van der Waals surface area contributed by atoms with E-state index >= 15 is 0 Å². The molecular formula is C17H26N2O2. The maximum atomic E-state index is 12.5. The molecule has 2 rings (SSSR count). The molecule has 4 nitrogen and oxygen atoms in total. The Labute approximate surface area is 127 Å². The maximum Gasteiger partial charge on any atom is 0.227 e. The zero-order chi connectivity index (χ0) is 15.1. The summed E-state index contributed by atoms with van der Waals surface area (Å²) in [7, 11) is 1.67. The monoisotopic (exact) mass is 290 g/mol. The van der Waals surface area contributed by atoms with Crippen molar-refractivity contribution in [3.63, 3.8) is 0 Å². The smallest absolute Gasteiger partial charge is 0.227 e. The summed E-state index contributed by atoms with van der Waals surface area (Å²) in [6, 6.07) is 6.03. The van der Waals surface area contributed by atoms with Gasteiger partial charge in [0, 0.05) is 13.0 Å².